The van der Waals surface area contributed by atoms with E-state index in [0.717, 1.165) is 5.56 Å². The van der Waals surface area contributed by atoms with Crippen LogP contribution in [0.5, 0.6) is 11.5 Å². The molecule has 1 aromatic carbocycles. The lowest BCUT2D eigenvalue weighted by Crippen LogP contribution is -2.12. The zero-order valence-corrected chi connectivity index (χ0v) is 13.1. The Bertz CT molecular complexity index is 394. The maximum atomic E-state index is 10.5. The lowest BCUT2D eigenvalue weighted by atomic mass is 10.0. The summed E-state index contributed by atoms with van der Waals surface area (Å²) in [4.78, 5) is 0. The first kappa shape index (κ1) is 15.5. The van der Waals surface area contributed by atoms with Gasteiger partial charge in [0.1, 0.15) is 11.5 Å². The molecule has 3 nitrogen and oxygen atoms in total. The van der Waals surface area contributed by atoms with Crippen LogP contribution in [0.15, 0.2) is 18.2 Å². The van der Waals surface area contributed by atoms with Gasteiger partial charge in [0.25, 0.3) is 0 Å². The number of aliphatic hydroxyl groups is 1. The molecule has 0 amide bonds. The summed E-state index contributed by atoms with van der Waals surface area (Å²) in [6.07, 6.45) is 6.02. The van der Waals surface area contributed by atoms with Crippen LogP contribution < -0.4 is 9.47 Å². The monoisotopic (exact) mass is 296 g/mol. The van der Waals surface area contributed by atoms with Crippen LogP contribution in [-0.4, -0.2) is 30.3 Å². The second-order valence-corrected chi connectivity index (χ2v) is 6.52. The van der Waals surface area contributed by atoms with E-state index in [0.29, 0.717) is 22.5 Å². The molecule has 112 valence electrons. The van der Waals surface area contributed by atoms with Crippen molar-refractivity contribution in [3.05, 3.63) is 23.8 Å². The fraction of sp³-hybridized carbons (Fsp3) is 0.625. The number of ether oxygens (including phenoxy) is 2. The summed E-state index contributed by atoms with van der Waals surface area (Å²) in [6, 6.07) is 5.61. The summed E-state index contributed by atoms with van der Waals surface area (Å²) in [5, 5.41) is 11.2. The normalized spacial score (nSPS) is 17.8. The van der Waals surface area contributed by atoms with Crippen LogP contribution >= 0.6 is 11.8 Å². The molecule has 1 aliphatic carbocycles. The first-order valence-corrected chi connectivity index (χ1v) is 8.31. The molecular weight excluding hydrogens is 272 g/mol. The second-order valence-electron chi connectivity index (χ2n) is 5.19. The molecule has 1 aromatic rings. The highest BCUT2D eigenvalue weighted by atomic mass is 32.2. The van der Waals surface area contributed by atoms with E-state index < -0.39 is 6.10 Å². The molecular formula is C16H24O3S. The van der Waals surface area contributed by atoms with Crippen molar-refractivity contribution in [2.45, 2.75) is 43.5 Å². The van der Waals surface area contributed by atoms with Gasteiger partial charge in [-0.1, -0.05) is 25.3 Å². The number of methoxy groups -OCH3 is 2. The largest absolute Gasteiger partial charge is 0.496 e. The summed E-state index contributed by atoms with van der Waals surface area (Å²) in [7, 11) is 3.25. The van der Waals surface area contributed by atoms with Crippen LogP contribution in [0.4, 0.5) is 0 Å². The molecule has 20 heavy (non-hydrogen) atoms. The topological polar surface area (TPSA) is 38.7 Å². The molecule has 2 rings (SSSR count). The van der Waals surface area contributed by atoms with E-state index >= 15 is 0 Å². The molecule has 1 N–H and O–H groups in total. The number of benzene rings is 1. The number of hydrogen-bond acceptors (Lipinski definition) is 4. The van der Waals surface area contributed by atoms with E-state index in [-0.39, 0.29) is 0 Å². The van der Waals surface area contributed by atoms with Crippen molar-refractivity contribution in [1.29, 1.82) is 0 Å². The van der Waals surface area contributed by atoms with Crippen molar-refractivity contribution in [2.75, 3.05) is 20.0 Å². The molecule has 4 heteroatoms. The molecule has 0 saturated heterocycles. The first-order chi connectivity index (χ1) is 9.76. The lowest BCUT2D eigenvalue weighted by Gasteiger charge is -2.23. The SMILES string of the molecule is COc1cccc(OC)c1C(O)CSC1CCCCC1. The Morgan fingerprint density at radius 1 is 1.15 bits per heavy atom. The summed E-state index contributed by atoms with van der Waals surface area (Å²) in [5.74, 6) is 2.09. The van der Waals surface area contributed by atoms with Crippen LogP contribution in [0.25, 0.3) is 0 Å². The molecule has 0 aromatic heterocycles. The van der Waals surface area contributed by atoms with Gasteiger partial charge < -0.3 is 14.6 Å². The molecule has 1 fully saturated rings. The van der Waals surface area contributed by atoms with E-state index in [4.69, 9.17) is 9.47 Å². The molecule has 1 saturated carbocycles. The van der Waals surface area contributed by atoms with Gasteiger partial charge in [-0.05, 0) is 25.0 Å². The number of aliphatic hydroxyl groups excluding tert-OH is 1. The molecule has 1 atom stereocenters. The van der Waals surface area contributed by atoms with Gasteiger partial charge in [-0.15, -0.1) is 0 Å². The Morgan fingerprint density at radius 2 is 1.75 bits per heavy atom. The maximum Gasteiger partial charge on any atom is 0.128 e. The Labute approximate surface area is 125 Å². The fourth-order valence-corrected chi connectivity index (χ4v) is 4.04. The van der Waals surface area contributed by atoms with Gasteiger partial charge in [0, 0.05) is 11.0 Å². The minimum absolute atomic E-state index is 0.548. The van der Waals surface area contributed by atoms with Gasteiger partial charge >= 0.3 is 0 Å². The van der Waals surface area contributed by atoms with Crippen LogP contribution in [-0.2, 0) is 0 Å². The molecule has 1 aliphatic rings. The first-order valence-electron chi connectivity index (χ1n) is 7.26. The molecule has 0 bridgehead atoms. The Hall–Kier alpha value is -0.870. The van der Waals surface area contributed by atoms with Crippen LogP contribution in [0.1, 0.15) is 43.8 Å². The van der Waals surface area contributed by atoms with Crippen LogP contribution in [0, 0.1) is 0 Å². The highest BCUT2D eigenvalue weighted by molar-refractivity contribution is 7.99. The molecule has 0 aliphatic heterocycles. The van der Waals surface area contributed by atoms with E-state index in [1.54, 1.807) is 14.2 Å². The predicted molar refractivity (Wildman–Crippen MR) is 83.8 cm³/mol. The third kappa shape index (κ3) is 3.83. The maximum absolute atomic E-state index is 10.5. The Balaban J connectivity index is 2.02. The van der Waals surface area contributed by atoms with Gasteiger partial charge in [0.05, 0.1) is 25.9 Å². The van der Waals surface area contributed by atoms with Gasteiger partial charge in [0.15, 0.2) is 0 Å². The van der Waals surface area contributed by atoms with E-state index in [9.17, 15) is 5.11 Å². The second kappa shape index (κ2) is 7.79. The standard InChI is InChI=1S/C16H24O3S/c1-18-14-9-6-10-15(19-2)16(14)13(17)11-20-12-7-4-3-5-8-12/h6,9-10,12-13,17H,3-5,7-8,11H2,1-2H3. The smallest absolute Gasteiger partial charge is 0.128 e. The Morgan fingerprint density at radius 3 is 2.30 bits per heavy atom. The number of hydrogen-bond donors (Lipinski definition) is 1. The predicted octanol–water partition coefficient (Wildman–Crippen LogP) is 3.80. The van der Waals surface area contributed by atoms with E-state index in [1.165, 1.54) is 32.1 Å². The average Bonchev–Trinajstić information content (AvgIpc) is 2.52. The van der Waals surface area contributed by atoms with Crippen molar-refractivity contribution in [2.24, 2.45) is 0 Å². The summed E-state index contributed by atoms with van der Waals surface area (Å²) >= 11 is 1.88. The zero-order valence-electron chi connectivity index (χ0n) is 12.3. The van der Waals surface area contributed by atoms with Crippen molar-refractivity contribution in [3.8, 4) is 11.5 Å². The molecule has 0 heterocycles. The summed E-state index contributed by atoms with van der Waals surface area (Å²) < 4.78 is 10.7. The molecule has 0 spiro atoms. The Kier molecular flexibility index (Phi) is 6.05. The van der Waals surface area contributed by atoms with Crippen molar-refractivity contribution in [1.82, 2.24) is 0 Å². The molecule has 1 unspecified atom stereocenters. The minimum atomic E-state index is -0.548. The number of rotatable bonds is 6. The van der Waals surface area contributed by atoms with Crippen LogP contribution in [0.3, 0.4) is 0 Å². The highest BCUT2D eigenvalue weighted by Gasteiger charge is 2.21. The fourth-order valence-electron chi connectivity index (χ4n) is 2.75. The number of thioether (sulfide) groups is 1. The quantitative estimate of drug-likeness (QED) is 0.866. The van der Waals surface area contributed by atoms with Crippen molar-refractivity contribution >= 4 is 11.8 Å². The summed E-state index contributed by atoms with van der Waals surface area (Å²) in [6.45, 7) is 0. The van der Waals surface area contributed by atoms with Crippen LogP contribution in [0.2, 0.25) is 0 Å². The van der Waals surface area contributed by atoms with Crippen molar-refractivity contribution in [3.63, 3.8) is 0 Å². The third-order valence-corrected chi connectivity index (χ3v) is 5.29. The highest BCUT2D eigenvalue weighted by Crippen LogP contribution is 2.37. The minimum Gasteiger partial charge on any atom is -0.496 e. The zero-order chi connectivity index (χ0) is 14.4. The van der Waals surface area contributed by atoms with E-state index in [2.05, 4.69) is 0 Å². The lowest BCUT2D eigenvalue weighted by molar-refractivity contribution is 0.193. The summed E-state index contributed by atoms with van der Waals surface area (Å²) in [5.41, 5.74) is 0.765. The average molecular weight is 296 g/mol. The van der Waals surface area contributed by atoms with E-state index in [1.807, 2.05) is 30.0 Å². The van der Waals surface area contributed by atoms with Gasteiger partial charge in [-0.25, -0.2) is 0 Å². The third-order valence-electron chi connectivity index (χ3n) is 3.84. The van der Waals surface area contributed by atoms with Crippen molar-refractivity contribution < 1.29 is 14.6 Å². The molecule has 0 radical (unpaired) electrons. The van der Waals surface area contributed by atoms with Gasteiger partial charge in [0.2, 0.25) is 0 Å². The van der Waals surface area contributed by atoms with Gasteiger partial charge in [-0.3, -0.25) is 0 Å². The van der Waals surface area contributed by atoms with Gasteiger partial charge in [-0.2, -0.15) is 11.8 Å².